The predicted molar refractivity (Wildman–Crippen MR) is 123 cm³/mol. The number of esters is 1. The number of carbonyl (C=O) groups excluding carboxylic acids is 2. The van der Waals surface area contributed by atoms with E-state index < -0.39 is 29.6 Å². The molecule has 1 heterocycles. The number of ether oxygens (including phenoxy) is 2. The van der Waals surface area contributed by atoms with Gasteiger partial charge in [0.2, 0.25) is 5.78 Å². The van der Waals surface area contributed by atoms with Crippen molar-refractivity contribution in [3.8, 4) is 5.75 Å². The number of nitrogens with zero attached hydrogens (tertiary/aromatic N) is 2. The molecule has 0 saturated carbocycles. The second-order valence-electron chi connectivity index (χ2n) is 7.27. The number of methoxy groups -OCH3 is 1. The van der Waals surface area contributed by atoms with Gasteiger partial charge in [0, 0.05) is 6.54 Å². The molecule has 2 aromatic carbocycles. The van der Waals surface area contributed by atoms with Gasteiger partial charge in [-0.25, -0.2) is 4.79 Å². The fourth-order valence-electron chi connectivity index (χ4n) is 3.35. The number of nitrogen functional groups attached to an aromatic ring is 1. The molecule has 33 heavy (non-hydrogen) atoms. The smallest absolute Gasteiger partial charge is 0.332 e. The Morgan fingerprint density at radius 2 is 1.61 bits per heavy atom. The molecular weight excluding hydrogens is 426 g/mol. The molecule has 9 heteroatoms. The highest BCUT2D eigenvalue weighted by atomic mass is 16.5. The third-order valence-corrected chi connectivity index (χ3v) is 5.12. The molecule has 0 radical (unpaired) electrons. The molecule has 2 N–H and O–H groups in total. The van der Waals surface area contributed by atoms with Crippen LogP contribution in [0.5, 0.6) is 5.75 Å². The second kappa shape index (κ2) is 10.4. The minimum absolute atomic E-state index is 0.0561. The Labute approximate surface area is 190 Å². The normalized spacial score (nSPS) is 10.6. The molecular formula is C24H25N3O6. The summed E-state index contributed by atoms with van der Waals surface area (Å²) in [6.45, 7) is 1.10. The van der Waals surface area contributed by atoms with Crippen LogP contribution in [0.4, 0.5) is 5.82 Å². The number of Topliss-reactive ketones (excluding diaryl/α,β-unsaturated/α-hetero) is 1. The molecule has 3 aromatic rings. The van der Waals surface area contributed by atoms with Crippen molar-refractivity contribution in [1.82, 2.24) is 9.13 Å². The fraction of sp³-hybridized carbons (Fsp3) is 0.250. The molecule has 0 spiro atoms. The van der Waals surface area contributed by atoms with E-state index in [0.717, 1.165) is 10.1 Å². The van der Waals surface area contributed by atoms with Gasteiger partial charge in [-0.15, -0.1) is 0 Å². The lowest BCUT2D eigenvalue weighted by Gasteiger charge is -2.16. The lowest BCUT2D eigenvalue weighted by molar-refractivity contribution is -0.141. The van der Waals surface area contributed by atoms with Gasteiger partial charge in [-0.2, -0.15) is 0 Å². The summed E-state index contributed by atoms with van der Waals surface area (Å²) in [6, 6.07) is 15.9. The van der Waals surface area contributed by atoms with E-state index in [1.165, 1.54) is 11.7 Å². The third kappa shape index (κ3) is 5.38. The zero-order valence-corrected chi connectivity index (χ0v) is 18.4. The van der Waals surface area contributed by atoms with Gasteiger partial charge >= 0.3 is 11.7 Å². The number of benzene rings is 2. The van der Waals surface area contributed by atoms with Crippen molar-refractivity contribution in [3.63, 3.8) is 0 Å². The minimum Gasteiger partial charge on any atom is -0.497 e. The van der Waals surface area contributed by atoms with Crippen molar-refractivity contribution in [2.75, 3.05) is 19.5 Å². The number of ketones is 1. The van der Waals surface area contributed by atoms with Gasteiger partial charge < -0.3 is 15.2 Å². The topological polar surface area (TPSA) is 123 Å². The largest absolute Gasteiger partial charge is 0.497 e. The van der Waals surface area contributed by atoms with Crippen molar-refractivity contribution in [3.05, 3.63) is 92.1 Å². The summed E-state index contributed by atoms with van der Waals surface area (Å²) in [4.78, 5) is 50.5. The first kappa shape index (κ1) is 23.5. The minimum atomic E-state index is -0.805. The number of rotatable bonds is 9. The van der Waals surface area contributed by atoms with E-state index in [-0.39, 0.29) is 30.9 Å². The Hall–Kier alpha value is -4.14. The lowest BCUT2D eigenvalue weighted by atomic mass is 10.1. The van der Waals surface area contributed by atoms with Crippen LogP contribution in [0.2, 0.25) is 0 Å². The molecule has 0 aliphatic heterocycles. The Bertz CT molecular complexity index is 1260. The zero-order valence-electron chi connectivity index (χ0n) is 18.4. The maximum atomic E-state index is 12.8. The Kier molecular flexibility index (Phi) is 7.45. The van der Waals surface area contributed by atoms with Crippen LogP contribution in [0.25, 0.3) is 0 Å². The van der Waals surface area contributed by atoms with Crippen molar-refractivity contribution in [2.45, 2.75) is 26.4 Å². The van der Waals surface area contributed by atoms with E-state index >= 15 is 0 Å². The Morgan fingerprint density at radius 3 is 2.21 bits per heavy atom. The van der Waals surface area contributed by atoms with Gasteiger partial charge in [-0.05, 0) is 30.2 Å². The number of aromatic nitrogens is 2. The van der Waals surface area contributed by atoms with Crippen LogP contribution < -0.4 is 21.7 Å². The average Bonchev–Trinajstić information content (AvgIpc) is 2.82. The molecule has 0 atom stereocenters. The molecule has 0 saturated heterocycles. The van der Waals surface area contributed by atoms with Crippen molar-refractivity contribution < 1.29 is 19.1 Å². The average molecular weight is 451 g/mol. The second-order valence-corrected chi connectivity index (χ2v) is 7.27. The molecule has 0 amide bonds. The van der Waals surface area contributed by atoms with Crippen LogP contribution in [0, 0.1) is 0 Å². The summed E-state index contributed by atoms with van der Waals surface area (Å²) in [7, 11) is 1.54. The lowest BCUT2D eigenvalue weighted by Crippen LogP contribution is -2.44. The number of anilines is 1. The molecule has 172 valence electrons. The van der Waals surface area contributed by atoms with Gasteiger partial charge in [0.15, 0.2) is 6.61 Å². The van der Waals surface area contributed by atoms with Crippen LogP contribution in [0.3, 0.4) is 0 Å². The van der Waals surface area contributed by atoms with E-state index in [1.807, 2.05) is 6.07 Å². The molecule has 0 unspecified atom stereocenters. The summed E-state index contributed by atoms with van der Waals surface area (Å²) in [5.41, 5.74) is 5.75. The van der Waals surface area contributed by atoms with Crippen LogP contribution in [0.1, 0.15) is 28.4 Å². The number of hydrogen-bond acceptors (Lipinski definition) is 7. The fourth-order valence-corrected chi connectivity index (χ4v) is 3.35. The highest BCUT2D eigenvalue weighted by molar-refractivity contribution is 6.01. The molecule has 9 nitrogen and oxygen atoms in total. The van der Waals surface area contributed by atoms with Crippen molar-refractivity contribution in [2.24, 2.45) is 0 Å². The summed E-state index contributed by atoms with van der Waals surface area (Å²) in [6.07, 6.45) is -0.0561. The third-order valence-electron chi connectivity index (χ3n) is 5.12. The zero-order chi connectivity index (χ0) is 24.0. The van der Waals surface area contributed by atoms with E-state index in [2.05, 4.69) is 0 Å². The standard InChI is InChI=1S/C24H25N3O6/c1-3-26-23(30)21(22(25)27(24(26)31)14-17-7-5-4-6-8-17)19(28)15-33-20(29)13-16-9-11-18(32-2)12-10-16/h4-12H,3,13-15,25H2,1-2H3. The van der Waals surface area contributed by atoms with Crippen LogP contribution in [-0.2, 0) is 29.0 Å². The van der Waals surface area contributed by atoms with Crippen LogP contribution >= 0.6 is 0 Å². The number of nitrogens with two attached hydrogens (primary N) is 1. The maximum absolute atomic E-state index is 12.8. The number of hydrogen-bond donors (Lipinski definition) is 1. The quantitative estimate of drug-likeness (QED) is 0.388. The van der Waals surface area contributed by atoms with E-state index in [4.69, 9.17) is 15.2 Å². The Balaban J connectivity index is 1.81. The summed E-state index contributed by atoms with van der Waals surface area (Å²) in [5, 5.41) is 0. The summed E-state index contributed by atoms with van der Waals surface area (Å²) >= 11 is 0. The highest BCUT2D eigenvalue weighted by Gasteiger charge is 2.23. The van der Waals surface area contributed by atoms with Crippen LogP contribution in [-0.4, -0.2) is 34.6 Å². The van der Waals surface area contributed by atoms with Crippen molar-refractivity contribution in [1.29, 1.82) is 0 Å². The van der Waals surface area contributed by atoms with Crippen molar-refractivity contribution >= 4 is 17.6 Å². The predicted octanol–water partition coefficient (Wildman–Crippen LogP) is 1.64. The van der Waals surface area contributed by atoms with E-state index in [1.54, 1.807) is 55.5 Å². The summed E-state index contributed by atoms with van der Waals surface area (Å²) in [5.74, 6) is -1.02. The van der Waals surface area contributed by atoms with E-state index in [0.29, 0.717) is 11.3 Å². The molecule has 0 aliphatic rings. The monoisotopic (exact) mass is 451 g/mol. The summed E-state index contributed by atoms with van der Waals surface area (Å²) < 4.78 is 12.3. The van der Waals surface area contributed by atoms with Crippen LogP contribution in [0.15, 0.2) is 64.2 Å². The molecule has 0 fully saturated rings. The first-order valence-electron chi connectivity index (χ1n) is 10.3. The Morgan fingerprint density at radius 1 is 0.939 bits per heavy atom. The van der Waals surface area contributed by atoms with Gasteiger partial charge in [0.1, 0.15) is 17.1 Å². The van der Waals surface area contributed by atoms with Gasteiger partial charge in [0.05, 0.1) is 20.1 Å². The first-order valence-corrected chi connectivity index (χ1v) is 10.3. The molecule has 0 aliphatic carbocycles. The van der Waals surface area contributed by atoms with Gasteiger partial charge in [-0.3, -0.25) is 23.5 Å². The first-order chi connectivity index (χ1) is 15.8. The molecule has 3 rings (SSSR count). The molecule has 1 aromatic heterocycles. The highest BCUT2D eigenvalue weighted by Crippen LogP contribution is 2.13. The molecule has 0 bridgehead atoms. The van der Waals surface area contributed by atoms with Gasteiger partial charge in [-0.1, -0.05) is 42.5 Å². The maximum Gasteiger partial charge on any atom is 0.332 e. The number of carbonyl (C=O) groups is 2. The van der Waals surface area contributed by atoms with E-state index in [9.17, 15) is 19.2 Å². The van der Waals surface area contributed by atoms with Gasteiger partial charge in [0.25, 0.3) is 5.56 Å². The SMILES string of the molecule is CCn1c(=O)c(C(=O)COC(=O)Cc2ccc(OC)cc2)c(N)n(Cc2ccccc2)c1=O.